The number of piperazine rings is 1. The molecular weight excluding hydrogens is 663 g/mol. The van der Waals surface area contributed by atoms with Gasteiger partial charge in [-0.05, 0) is 78.2 Å². The SMILES string of the molecule is O=C(CN1CCc2cc(Oc3ccc(NS(=O)(=O)c4ccc(C(F)(F)F)cc4)cn3)ccc21)N1CCN(Cc2ccc3c(c2)OCO3)CC1. The largest absolute Gasteiger partial charge is 0.454 e. The van der Waals surface area contributed by atoms with E-state index < -0.39 is 21.8 Å². The molecule has 4 aromatic rings. The van der Waals surface area contributed by atoms with Crippen molar-refractivity contribution >= 4 is 27.3 Å². The Morgan fingerprint density at radius 2 is 1.67 bits per heavy atom. The second kappa shape index (κ2) is 13.1. The van der Waals surface area contributed by atoms with Crippen LogP contribution in [0.4, 0.5) is 24.5 Å². The molecule has 1 aromatic heterocycles. The summed E-state index contributed by atoms with van der Waals surface area (Å²) in [5.41, 5.74) is 2.34. The number of aromatic nitrogens is 1. The predicted molar refractivity (Wildman–Crippen MR) is 173 cm³/mol. The minimum atomic E-state index is -4.57. The minimum Gasteiger partial charge on any atom is -0.454 e. The van der Waals surface area contributed by atoms with Crippen molar-refractivity contribution < 1.29 is 40.6 Å². The highest BCUT2D eigenvalue weighted by Crippen LogP contribution is 2.35. The number of nitrogens with one attached hydrogen (secondary N) is 1. The number of rotatable bonds is 9. The van der Waals surface area contributed by atoms with Gasteiger partial charge < -0.3 is 24.0 Å². The van der Waals surface area contributed by atoms with Gasteiger partial charge in [0.25, 0.3) is 10.0 Å². The molecule has 0 saturated carbocycles. The van der Waals surface area contributed by atoms with E-state index in [2.05, 4.69) is 19.5 Å². The summed E-state index contributed by atoms with van der Waals surface area (Å²) in [7, 11) is -4.13. The Hall–Kier alpha value is -5.02. The standard InChI is InChI=1S/C34H32F3N5O6S/c35-34(36,37)25-2-6-28(7-3-25)49(44,45)39-26-4-10-32(38-19-26)48-27-5-8-29-24(18-27)11-12-42(29)21-33(43)41-15-13-40(14-16-41)20-23-1-9-30-31(17-23)47-22-46-30/h1-10,17-19,39H,11-16,20-22H2. The number of nitrogens with zero attached hydrogens (tertiary/aromatic N) is 4. The molecule has 1 saturated heterocycles. The summed E-state index contributed by atoms with van der Waals surface area (Å²) in [5.74, 6) is 2.39. The predicted octanol–water partition coefficient (Wildman–Crippen LogP) is 5.13. The number of benzene rings is 3. The third-order valence-electron chi connectivity index (χ3n) is 8.64. The van der Waals surface area contributed by atoms with Crippen LogP contribution in [0.3, 0.4) is 0 Å². The molecule has 15 heteroatoms. The lowest BCUT2D eigenvalue weighted by Gasteiger charge is -2.35. The lowest BCUT2D eigenvalue weighted by molar-refractivity contribution is -0.137. The Kier molecular flexibility index (Phi) is 8.71. The van der Waals surface area contributed by atoms with Gasteiger partial charge in [-0.25, -0.2) is 13.4 Å². The van der Waals surface area contributed by atoms with Crippen molar-refractivity contribution in [1.29, 1.82) is 0 Å². The van der Waals surface area contributed by atoms with Crippen LogP contribution in [0.5, 0.6) is 23.1 Å². The molecule has 0 atom stereocenters. The fourth-order valence-electron chi connectivity index (χ4n) is 6.05. The van der Waals surface area contributed by atoms with Crippen LogP contribution in [0.1, 0.15) is 16.7 Å². The summed E-state index contributed by atoms with van der Waals surface area (Å²) in [5, 5.41) is 0. The topological polar surface area (TPSA) is 114 Å². The van der Waals surface area contributed by atoms with Gasteiger partial charge in [-0.3, -0.25) is 14.4 Å². The van der Waals surface area contributed by atoms with E-state index in [0.29, 0.717) is 44.1 Å². The lowest BCUT2D eigenvalue weighted by Crippen LogP contribution is -2.50. The molecule has 1 fully saturated rings. The molecule has 256 valence electrons. The summed E-state index contributed by atoms with van der Waals surface area (Å²) >= 11 is 0. The van der Waals surface area contributed by atoms with Gasteiger partial charge in [0.2, 0.25) is 18.6 Å². The number of alkyl halides is 3. The Balaban J connectivity index is 0.898. The molecule has 0 radical (unpaired) electrons. The Labute approximate surface area is 280 Å². The van der Waals surface area contributed by atoms with Crippen LogP contribution in [-0.4, -0.2) is 75.2 Å². The van der Waals surface area contributed by atoms with E-state index in [1.165, 1.54) is 18.3 Å². The molecule has 0 aliphatic carbocycles. The first kappa shape index (κ1) is 32.5. The number of hydrogen-bond acceptors (Lipinski definition) is 9. The number of amides is 1. The number of hydrogen-bond donors (Lipinski definition) is 1. The van der Waals surface area contributed by atoms with Crippen molar-refractivity contribution in [3.8, 4) is 23.1 Å². The summed E-state index contributed by atoms with van der Waals surface area (Å²) in [6.45, 7) is 4.95. The molecule has 0 unspecified atom stereocenters. The van der Waals surface area contributed by atoms with E-state index in [1.54, 1.807) is 6.07 Å². The average Bonchev–Trinajstić information content (AvgIpc) is 3.72. The summed E-state index contributed by atoms with van der Waals surface area (Å²) in [6, 6.07) is 17.7. The smallest absolute Gasteiger partial charge is 0.416 e. The Morgan fingerprint density at radius 1 is 0.898 bits per heavy atom. The van der Waals surface area contributed by atoms with Crippen LogP contribution in [0.15, 0.2) is 83.9 Å². The third kappa shape index (κ3) is 7.37. The van der Waals surface area contributed by atoms with Crippen molar-refractivity contribution in [2.24, 2.45) is 0 Å². The number of anilines is 2. The fraction of sp³-hybridized carbons (Fsp3) is 0.294. The first-order valence-corrected chi connectivity index (χ1v) is 17.1. The maximum atomic E-state index is 13.2. The monoisotopic (exact) mass is 695 g/mol. The number of carbonyl (C=O) groups is 1. The van der Waals surface area contributed by atoms with Crippen molar-refractivity contribution in [2.75, 3.05) is 55.7 Å². The summed E-state index contributed by atoms with van der Waals surface area (Å²) < 4.78 is 82.9. The molecule has 3 aromatic carbocycles. The normalized spacial score (nSPS) is 16.1. The van der Waals surface area contributed by atoms with E-state index in [-0.39, 0.29) is 29.2 Å². The highest BCUT2D eigenvalue weighted by atomic mass is 32.2. The molecular formula is C34H32F3N5O6S. The first-order valence-electron chi connectivity index (χ1n) is 15.6. The maximum absolute atomic E-state index is 13.2. The highest BCUT2D eigenvalue weighted by Gasteiger charge is 2.31. The van der Waals surface area contributed by atoms with Gasteiger partial charge in [-0.2, -0.15) is 13.2 Å². The number of ether oxygens (including phenoxy) is 3. The molecule has 7 rings (SSSR count). The van der Waals surface area contributed by atoms with Crippen LogP contribution in [0, 0.1) is 0 Å². The van der Waals surface area contributed by atoms with Crippen molar-refractivity contribution in [3.05, 3.63) is 95.7 Å². The zero-order valence-electron chi connectivity index (χ0n) is 26.2. The van der Waals surface area contributed by atoms with E-state index in [1.807, 2.05) is 35.2 Å². The zero-order valence-corrected chi connectivity index (χ0v) is 27.0. The van der Waals surface area contributed by atoms with Gasteiger partial charge in [0.1, 0.15) is 5.75 Å². The second-order valence-electron chi connectivity index (χ2n) is 11.9. The quantitative estimate of drug-likeness (QED) is 0.255. The van der Waals surface area contributed by atoms with Crippen LogP contribution in [-0.2, 0) is 34.0 Å². The van der Waals surface area contributed by atoms with E-state index in [0.717, 1.165) is 66.5 Å². The molecule has 4 heterocycles. The number of pyridine rings is 1. The van der Waals surface area contributed by atoms with Gasteiger partial charge in [0.05, 0.1) is 28.9 Å². The molecule has 1 amide bonds. The Bertz CT molecular complexity index is 1950. The Morgan fingerprint density at radius 3 is 2.41 bits per heavy atom. The van der Waals surface area contributed by atoms with Crippen molar-refractivity contribution in [3.63, 3.8) is 0 Å². The van der Waals surface area contributed by atoms with E-state index in [4.69, 9.17) is 14.2 Å². The fourth-order valence-corrected chi connectivity index (χ4v) is 7.09. The molecule has 11 nitrogen and oxygen atoms in total. The summed E-state index contributed by atoms with van der Waals surface area (Å²) in [6.07, 6.45) is -2.56. The number of sulfonamides is 1. The van der Waals surface area contributed by atoms with E-state index >= 15 is 0 Å². The van der Waals surface area contributed by atoms with Gasteiger partial charge in [-0.15, -0.1) is 0 Å². The van der Waals surface area contributed by atoms with Crippen molar-refractivity contribution in [1.82, 2.24) is 14.8 Å². The molecule has 0 bridgehead atoms. The first-order chi connectivity index (χ1) is 23.5. The van der Waals surface area contributed by atoms with Crippen LogP contribution < -0.4 is 23.8 Å². The number of carbonyl (C=O) groups excluding carboxylic acids is 1. The van der Waals surface area contributed by atoms with Crippen LogP contribution in [0.25, 0.3) is 0 Å². The zero-order chi connectivity index (χ0) is 34.2. The van der Waals surface area contributed by atoms with Gasteiger partial charge >= 0.3 is 6.18 Å². The molecule has 1 N–H and O–H groups in total. The molecule has 3 aliphatic heterocycles. The average molecular weight is 696 g/mol. The van der Waals surface area contributed by atoms with Gasteiger partial charge in [-0.1, -0.05) is 6.07 Å². The minimum absolute atomic E-state index is 0.0918. The summed E-state index contributed by atoms with van der Waals surface area (Å²) in [4.78, 5) is 23.4. The second-order valence-corrected chi connectivity index (χ2v) is 13.6. The van der Waals surface area contributed by atoms with Gasteiger partial charge in [0.15, 0.2) is 11.5 Å². The molecule has 3 aliphatic rings. The van der Waals surface area contributed by atoms with Crippen LogP contribution >= 0.6 is 0 Å². The maximum Gasteiger partial charge on any atom is 0.416 e. The third-order valence-corrected chi connectivity index (χ3v) is 10.0. The highest BCUT2D eigenvalue weighted by molar-refractivity contribution is 7.92. The lowest BCUT2D eigenvalue weighted by atomic mass is 10.1. The molecule has 49 heavy (non-hydrogen) atoms. The number of halogens is 3. The number of fused-ring (bicyclic) bond motifs is 2. The van der Waals surface area contributed by atoms with Crippen molar-refractivity contribution in [2.45, 2.75) is 24.0 Å². The molecule has 0 spiro atoms. The van der Waals surface area contributed by atoms with E-state index in [9.17, 15) is 26.4 Å². The van der Waals surface area contributed by atoms with Gasteiger partial charge in [0, 0.05) is 51.0 Å². The van der Waals surface area contributed by atoms with Crippen LogP contribution in [0.2, 0.25) is 0 Å².